The maximum absolute atomic E-state index is 11.1. The van der Waals surface area contributed by atoms with Crippen LogP contribution in [0.1, 0.15) is 12.2 Å². The van der Waals surface area contributed by atoms with Crippen LogP contribution in [0.2, 0.25) is 0 Å². The zero-order chi connectivity index (χ0) is 9.97. The molecule has 1 aromatic heterocycles. The highest BCUT2D eigenvalue weighted by atomic mass is 16.3. The zero-order valence-corrected chi connectivity index (χ0v) is 7.45. The SMILES string of the molecule is O=C1CC(NCc2ccco2)C(=O)N1. The predicted molar refractivity (Wildman–Crippen MR) is 47.1 cm³/mol. The van der Waals surface area contributed by atoms with E-state index in [1.165, 1.54) is 0 Å². The van der Waals surface area contributed by atoms with E-state index in [-0.39, 0.29) is 18.2 Å². The third kappa shape index (κ3) is 1.82. The number of rotatable bonds is 3. The number of hydrogen-bond acceptors (Lipinski definition) is 4. The van der Waals surface area contributed by atoms with Gasteiger partial charge in [-0.15, -0.1) is 0 Å². The largest absolute Gasteiger partial charge is 0.468 e. The lowest BCUT2D eigenvalue weighted by atomic mass is 10.2. The summed E-state index contributed by atoms with van der Waals surface area (Å²) in [6.45, 7) is 0.457. The molecule has 1 unspecified atom stereocenters. The summed E-state index contributed by atoms with van der Waals surface area (Å²) in [4.78, 5) is 21.9. The standard InChI is InChI=1S/C9H10N2O3/c12-8-4-7(9(13)11-8)10-5-6-2-1-3-14-6/h1-3,7,10H,4-5H2,(H,11,12,13). The van der Waals surface area contributed by atoms with Gasteiger partial charge in [-0.25, -0.2) is 0 Å². The van der Waals surface area contributed by atoms with Crippen LogP contribution in [-0.2, 0) is 16.1 Å². The second-order valence-electron chi connectivity index (χ2n) is 3.13. The molecule has 5 heteroatoms. The summed E-state index contributed by atoms with van der Waals surface area (Å²) >= 11 is 0. The zero-order valence-electron chi connectivity index (χ0n) is 7.45. The summed E-state index contributed by atoms with van der Waals surface area (Å²) in [5.41, 5.74) is 0. The molecule has 2 amide bonds. The molecular weight excluding hydrogens is 184 g/mol. The van der Waals surface area contributed by atoms with E-state index < -0.39 is 6.04 Å². The van der Waals surface area contributed by atoms with E-state index in [2.05, 4.69) is 10.6 Å². The van der Waals surface area contributed by atoms with E-state index in [0.29, 0.717) is 6.54 Å². The number of hydrogen-bond donors (Lipinski definition) is 2. The first kappa shape index (κ1) is 8.96. The van der Waals surface area contributed by atoms with Gasteiger partial charge in [0.15, 0.2) is 0 Å². The van der Waals surface area contributed by atoms with Crippen LogP contribution >= 0.6 is 0 Å². The van der Waals surface area contributed by atoms with E-state index in [4.69, 9.17) is 4.42 Å². The highest BCUT2D eigenvalue weighted by Crippen LogP contribution is 2.04. The van der Waals surface area contributed by atoms with Crippen molar-refractivity contribution in [1.82, 2.24) is 10.6 Å². The van der Waals surface area contributed by atoms with Gasteiger partial charge in [-0.3, -0.25) is 20.2 Å². The quantitative estimate of drug-likeness (QED) is 0.653. The Morgan fingerprint density at radius 2 is 2.43 bits per heavy atom. The van der Waals surface area contributed by atoms with Gasteiger partial charge in [0, 0.05) is 0 Å². The summed E-state index contributed by atoms with van der Waals surface area (Å²) in [5, 5.41) is 5.16. The van der Waals surface area contributed by atoms with Crippen molar-refractivity contribution in [3.63, 3.8) is 0 Å². The third-order valence-corrected chi connectivity index (χ3v) is 2.07. The van der Waals surface area contributed by atoms with E-state index in [1.807, 2.05) is 6.07 Å². The summed E-state index contributed by atoms with van der Waals surface area (Å²) in [5.74, 6) is 0.255. The first-order valence-corrected chi connectivity index (χ1v) is 4.35. The Morgan fingerprint density at radius 3 is 3.00 bits per heavy atom. The molecule has 0 aromatic carbocycles. The molecule has 1 aliphatic heterocycles. The van der Waals surface area contributed by atoms with E-state index in [9.17, 15) is 9.59 Å². The van der Waals surface area contributed by atoms with Crippen LogP contribution in [0, 0.1) is 0 Å². The fourth-order valence-electron chi connectivity index (χ4n) is 1.36. The molecule has 1 aromatic rings. The third-order valence-electron chi connectivity index (χ3n) is 2.07. The van der Waals surface area contributed by atoms with Crippen molar-refractivity contribution in [3.8, 4) is 0 Å². The average molecular weight is 194 g/mol. The molecule has 0 bridgehead atoms. The lowest BCUT2D eigenvalue weighted by Crippen LogP contribution is -2.35. The van der Waals surface area contributed by atoms with Crippen molar-refractivity contribution in [2.75, 3.05) is 0 Å². The van der Waals surface area contributed by atoms with Crippen LogP contribution in [0.4, 0.5) is 0 Å². The van der Waals surface area contributed by atoms with Crippen molar-refractivity contribution < 1.29 is 14.0 Å². The number of amides is 2. The summed E-state index contributed by atoms with van der Waals surface area (Å²) in [6.07, 6.45) is 1.77. The Labute approximate surface area is 80.5 Å². The predicted octanol–water partition coefficient (Wildman–Crippen LogP) is -0.216. The van der Waals surface area contributed by atoms with Crippen molar-refractivity contribution in [1.29, 1.82) is 0 Å². The molecule has 14 heavy (non-hydrogen) atoms. The van der Waals surface area contributed by atoms with Gasteiger partial charge in [0.25, 0.3) is 0 Å². The number of carbonyl (C=O) groups is 2. The summed E-state index contributed by atoms with van der Waals surface area (Å²) in [6, 6.07) is 3.16. The van der Waals surface area contributed by atoms with E-state index >= 15 is 0 Å². The van der Waals surface area contributed by atoms with Crippen LogP contribution in [0.25, 0.3) is 0 Å². The Morgan fingerprint density at radius 1 is 1.57 bits per heavy atom. The molecule has 74 valence electrons. The maximum Gasteiger partial charge on any atom is 0.244 e. The fraction of sp³-hybridized carbons (Fsp3) is 0.333. The minimum atomic E-state index is -0.424. The normalized spacial score (nSPS) is 21.3. The molecule has 0 spiro atoms. The summed E-state index contributed by atoms with van der Waals surface area (Å²) < 4.78 is 5.08. The molecule has 2 rings (SSSR count). The molecule has 1 saturated heterocycles. The molecule has 2 heterocycles. The molecule has 0 radical (unpaired) electrons. The van der Waals surface area contributed by atoms with Crippen molar-refractivity contribution in [2.24, 2.45) is 0 Å². The van der Waals surface area contributed by atoms with Crippen LogP contribution < -0.4 is 10.6 Å². The van der Waals surface area contributed by atoms with Crippen LogP contribution in [0.3, 0.4) is 0 Å². The molecular formula is C9H10N2O3. The van der Waals surface area contributed by atoms with Crippen molar-refractivity contribution >= 4 is 11.8 Å². The van der Waals surface area contributed by atoms with Crippen LogP contribution in [-0.4, -0.2) is 17.9 Å². The molecule has 0 aliphatic carbocycles. The Kier molecular flexibility index (Phi) is 2.32. The minimum Gasteiger partial charge on any atom is -0.468 e. The first-order chi connectivity index (χ1) is 6.75. The second kappa shape index (κ2) is 3.63. The molecule has 1 fully saturated rings. The molecule has 2 N–H and O–H groups in total. The van der Waals surface area contributed by atoms with Gasteiger partial charge in [0.2, 0.25) is 11.8 Å². The van der Waals surface area contributed by atoms with Gasteiger partial charge < -0.3 is 4.42 Å². The van der Waals surface area contributed by atoms with Gasteiger partial charge in [-0.1, -0.05) is 0 Å². The van der Waals surface area contributed by atoms with Gasteiger partial charge >= 0.3 is 0 Å². The number of imide groups is 1. The number of nitrogens with one attached hydrogen (secondary N) is 2. The monoisotopic (exact) mass is 194 g/mol. The van der Waals surface area contributed by atoms with Crippen molar-refractivity contribution in [2.45, 2.75) is 19.0 Å². The van der Waals surface area contributed by atoms with Crippen LogP contribution in [0.5, 0.6) is 0 Å². The molecule has 1 aliphatic rings. The Hall–Kier alpha value is -1.62. The Balaban J connectivity index is 1.87. The topological polar surface area (TPSA) is 71.3 Å². The van der Waals surface area contributed by atoms with Crippen molar-refractivity contribution in [3.05, 3.63) is 24.2 Å². The van der Waals surface area contributed by atoms with E-state index in [1.54, 1.807) is 12.3 Å². The molecule has 0 saturated carbocycles. The summed E-state index contributed by atoms with van der Waals surface area (Å²) in [7, 11) is 0. The lowest BCUT2D eigenvalue weighted by molar-refractivity contribution is -0.125. The highest BCUT2D eigenvalue weighted by Gasteiger charge is 2.29. The number of carbonyl (C=O) groups excluding carboxylic acids is 2. The molecule has 5 nitrogen and oxygen atoms in total. The first-order valence-electron chi connectivity index (χ1n) is 4.35. The van der Waals surface area contributed by atoms with Gasteiger partial charge in [-0.05, 0) is 12.1 Å². The highest BCUT2D eigenvalue weighted by molar-refractivity contribution is 6.05. The molecule has 1 atom stereocenters. The Bertz CT molecular complexity index is 345. The second-order valence-corrected chi connectivity index (χ2v) is 3.13. The van der Waals surface area contributed by atoms with Gasteiger partial charge in [0.05, 0.1) is 25.3 Å². The minimum absolute atomic E-state index is 0.208. The van der Waals surface area contributed by atoms with Gasteiger partial charge in [0.1, 0.15) is 5.76 Å². The van der Waals surface area contributed by atoms with E-state index in [0.717, 1.165) is 5.76 Å². The van der Waals surface area contributed by atoms with Crippen LogP contribution in [0.15, 0.2) is 22.8 Å². The van der Waals surface area contributed by atoms with Gasteiger partial charge in [-0.2, -0.15) is 0 Å². The lowest BCUT2D eigenvalue weighted by Gasteiger charge is -2.06. The average Bonchev–Trinajstić information content (AvgIpc) is 2.72. The smallest absolute Gasteiger partial charge is 0.244 e. The number of furan rings is 1. The fourth-order valence-corrected chi connectivity index (χ4v) is 1.36. The maximum atomic E-state index is 11.1.